The molecule has 2 fully saturated rings. The van der Waals surface area contributed by atoms with Crippen LogP contribution in [0.2, 0.25) is 0 Å². The van der Waals surface area contributed by atoms with Crippen molar-refractivity contribution in [3.05, 3.63) is 29.8 Å². The zero-order valence-electron chi connectivity index (χ0n) is 15.3. The third-order valence-electron chi connectivity index (χ3n) is 4.75. The van der Waals surface area contributed by atoms with Gasteiger partial charge in [0.25, 0.3) is 5.91 Å². The Morgan fingerprint density at radius 1 is 1.04 bits per heavy atom. The highest BCUT2D eigenvalue weighted by Gasteiger charge is 2.28. The lowest BCUT2D eigenvalue weighted by atomic mass is 10.2. The molecule has 2 aliphatic heterocycles. The smallest absolute Gasteiger partial charge is 0.338 e. The first-order valence-electron chi connectivity index (χ1n) is 9.07. The van der Waals surface area contributed by atoms with Crippen LogP contribution in [0.25, 0.3) is 0 Å². The molecule has 1 aromatic carbocycles. The second-order valence-electron chi connectivity index (χ2n) is 6.62. The third-order valence-corrected chi connectivity index (χ3v) is 6.66. The molecular formula is C18H24N2O6S. The van der Waals surface area contributed by atoms with E-state index in [4.69, 9.17) is 9.47 Å². The van der Waals surface area contributed by atoms with Crippen LogP contribution in [0.5, 0.6) is 0 Å². The lowest BCUT2D eigenvalue weighted by Crippen LogP contribution is -2.46. The highest BCUT2D eigenvalue weighted by Crippen LogP contribution is 2.21. The quantitative estimate of drug-likeness (QED) is 0.686. The minimum Gasteiger partial charge on any atom is -0.449 e. The SMILES string of the molecule is CC(OC(=O)c1ccc(S(=O)(=O)N2CCCC2)cc1)C(=O)N1CCOCC1. The normalized spacial score (nSPS) is 19.7. The van der Waals surface area contributed by atoms with Crippen molar-refractivity contribution in [1.82, 2.24) is 9.21 Å². The summed E-state index contributed by atoms with van der Waals surface area (Å²) in [5.41, 5.74) is 0.206. The number of esters is 1. The summed E-state index contributed by atoms with van der Waals surface area (Å²) in [4.78, 5) is 26.3. The van der Waals surface area contributed by atoms with E-state index in [0.717, 1.165) is 12.8 Å². The number of ether oxygens (including phenoxy) is 2. The Hall–Kier alpha value is -1.97. The number of morpholine rings is 1. The van der Waals surface area contributed by atoms with Gasteiger partial charge in [-0.1, -0.05) is 0 Å². The van der Waals surface area contributed by atoms with Crippen molar-refractivity contribution >= 4 is 21.9 Å². The second kappa shape index (κ2) is 8.37. The number of benzene rings is 1. The predicted molar refractivity (Wildman–Crippen MR) is 96.7 cm³/mol. The maximum absolute atomic E-state index is 12.5. The standard InChI is InChI=1S/C18H24N2O6S/c1-14(17(21)19-10-12-25-13-11-19)26-18(22)15-4-6-16(7-5-15)27(23,24)20-8-2-3-9-20/h4-7,14H,2-3,8-13H2,1H3. The van der Waals surface area contributed by atoms with Crippen LogP contribution < -0.4 is 0 Å². The van der Waals surface area contributed by atoms with Gasteiger partial charge in [0.05, 0.1) is 23.7 Å². The number of amides is 1. The fourth-order valence-electron chi connectivity index (χ4n) is 3.16. The fraction of sp³-hybridized carbons (Fsp3) is 0.556. The summed E-state index contributed by atoms with van der Waals surface area (Å²) >= 11 is 0. The molecule has 0 radical (unpaired) electrons. The van der Waals surface area contributed by atoms with E-state index in [-0.39, 0.29) is 16.4 Å². The molecule has 0 spiro atoms. The van der Waals surface area contributed by atoms with E-state index in [0.29, 0.717) is 39.4 Å². The number of nitrogens with zero attached hydrogens (tertiary/aromatic N) is 2. The molecule has 9 heteroatoms. The van der Waals surface area contributed by atoms with Crippen LogP contribution in [0.3, 0.4) is 0 Å². The molecule has 8 nitrogen and oxygen atoms in total. The van der Waals surface area contributed by atoms with E-state index in [1.54, 1.807) is 4.90 Å². The first-order chi connectivity index (χ1) is 12.9. The molecule has 148 valence electrons. The number of hydrogen-bond donors (Lipinski definition) is 0. The van der Waals surface area contributed by atoms with Gasteiger partial charge in [0.15, 0.2) is 6.10 Å². The first kappa shape index (κ1) is 19.8. The zero-order chi connectivity index (χ0) is 19.4. The van der Waals surface area contributed by atoms with Gasteiger partial charge in [0, 0.05) is 26.2 Å². The van der Waals surface area contributed by atoms with Gasteiger partial charge in [0.1, 0.15) is 0 Å². The van der Waals surface area contributed by atoms with Crippen LogP contribution in [-0.2, 0) is 24.3 Å². The Kier molecular flexibility index (Phi) is 6.13. The summed E-state index contributed by atoms with van der Waals surface area (Å²) in [6, 6.07) is 5.63. The van der Waals surface area contributed by atoms with Crippen molar-refractivity contribution in [2.24, 2.45) is 0 Å². The van der Waals surface area contributed by atoms with Crippen LogP contribution in [0.1, 0.15) is 30.1 Å². The summed E-state index contributed by atoms with van der Waals surface area (Å²) in [5, 5.41) is 0. The molecule has 1 aromatic rings. The zero-order valence-corrected chi connectivity index (χ0v) is 16.1. The minimum absolute atomic E-state index is 0.151. The molecule has 2 heterocycles. The highest BCUT2D eigenvalue weighted by molar-refractivity contribution is 7.89. The lowest BCUT2D eigenvalue weighted by Gasteiger charge is -2.28. The van der Waals surface area contributed by atoms with Gasteiger partial charge in [-0.15, -0.1) is 0 Å². The molecule has 0 N–H and O–H groups in total. The van der Waals surface area contributed by atoms with Gasteiger partial charge in [-0.25, -0.2) is 13.2 Å². The molecule has 1 amide bonds. The van der Waals surface area contributed by atoms with Gasteiger partial charge < -0.3 is 14.4 Å². The molecule has 0 bridgehead atoms. The topological polar surface area (TPSA) is 93.2 Å². The van der Waals surface area contributed by atoms with Gasteiger partial charge in [-0.05, 0) is 44.0 Å². The van der Waals surface area contributed by atoms with Gasteiger partial charge >= 0.3 is 5.97 Å². The molecule has 2 aliphatic rings. The Morgan fingerprint density at radius 2 is 1.63 bits per heavy atom. The maximum Gasteiger partial charge on any atom is 0.338 e. The van der Waals surface area contributed by atoms with Crippen LogP contribution in [0, 0.1) is 0 Å². The van der Waals surface area contributed by atoms with E-state index in [9.17, 15) is 18.0 Å². The number of hydrogen-bond acceptors (Lipinski definition) is 6. The average Bonchev–Trinajstić information content (AvgIpc) is 3.24. The van der Waals surface area contributed by atoms with E-state index < -0.39 is 22.1 Å². The first-order valence-corrected chi connectivity index (χ1v) is 10.5. The molecule has 27 heavy (non-hydrogen) atoms. The number of rotatable bonds is 5. The van der Waals surface area contributed by atoms with Crippen molar-refractivity contribution in [2.45, 2.75) is 30.8 Å². The summed E-state index contributed by atoms with van der Waals surface area (Å²) in [7, 11) is -3.52. The number of carbonyl (C=O) groups excluding carboxylic acids is 2. The second-order valence-corrected chi connectivity index (χ2v) is 8.56. The molecule has 0 saturated carbocycles. The third kappa shape index (κ3) is 4.48. The highest BCUT2D eigenvalue weighted by atomic mass is 32.2. The molecule has 0 aromatic heterocycles. The number of carbonyl (C=O) groups is 2. The van der Waals surface area contributed by atoms with Crippen molar-refractivity contribution in [1.29, 1.82) is 0 Å². The van der Waals surface area contributed by atoms with Gasteiger partial charge in [0.2, 0.25) is 10.0 Å². The molecule has 1 unspecified atom stereocenters. The average molecular weight is 396 g/mol. The summed E-state index contributed by atoms with van der Waals surface area (Å²) < 4.78 is 36.9. The maximum atomic E-state index is 12.5. The van der Waals surface area contributed by atoms with Crippen molar-refractivity contribution in [3.63, 3.8) is 0 Å². The molecular weight excluding hydrogens is 372 g/mol. The number of sulfonamides is 1. The van der Waals surface area contributed by atoms with Crippen LogP contribution in [-0.4, -0.2) is 75.0 Å². The molecule has 2 saturated heterocycles. The minimum atomic E-state index is -3.52. The van der Waals surface area contributed by atoms with E-state index in [2.05, 4.69) is 0 Å². The van der Waals surface area contributed by atoms with E-state index in [1.165, 1.54) is 35.5 Å². The van der Waals surface area contributed by atoms with Crippen LogP contribution >= 0.6 is 0 Å². The monoisotopic (exact) mass is 396 g/mol. The largest absolute Gasteiger partial charge is 0.449 e. The Bertz CT molecular complexity index is 781. The molecule has 1 atom stereocenters. The molecule has 3 rings (SSSR count). The van der Waals surface area contributed by atoms with Gasteiger partial charge in [-0.2, -0.15) is 4.31 Å². The van der Waals surface area contributed by atoms with Crippen molar-refractivity contribution in [3.8, 4) is 0 Å². The summed E-state index contributed by atoms with van der Waals surface area (Å²) in [6.45, 7) is 4.47. The van der Waals surface area contributed by atoms with Crippen molar-refractivity contribution < 1.29 is 27.5 Å². The van der Waals surface area contributed by atoms with E-state index >= 15 is 0 Å². The Balaban J connectivity index is 1.62. The van der Waals surface area contributed by atoms with Crippen molar-refractivity contribution in [2.75, 3.05) is 39.4 Å². The molecule has 0 aliphatic carbocycles. The van der Waals surface area contributed by atoms with Crippen LogP contribution in [0.15, 0.2) is 29.2 Å². The Morgan fingerprint density at radius 3 is 2.22 bits per heavy atom. The van der Waals surface area contributed by atoms with Gasteiger partial charge in [-0.3, -0.25) is 4.79 Å². The lowest BCUT2D eigenvalue weighted by molar-refractivity contribution is -0.143. The fourth-order valence-corrected chi connectivity index (χ4v) is 4.68. The summed E-state index contributed by atoms with van der Waals surface area (Å²) in [5.74, 6) is -0.922. The predicted octanol–water partition coefficient (Wildman–Crippen LogP) is 0.875. The van der Waals surface area contributed by atoms with E-state index in [1.807, 2.05) is 0 Å². The Labute approximate surface area is 159 Å². The van der Waals surface area contributed by atoms with Crippen LogP contribution in [0.4, 0.5) is 0 Å². The summed E-state index contributed by atoms with van der Waals surface area (Å²) in [6.07, 6.45) is 0.806.